The smallest absolute Gasteiger partial charge is 0.491 e. The molecule has 0 fully saturated rings. The zero-order valence-corrected chi connectivity index (χ0v) is 15.1. The van der Waals surface area contributed by atoms with Gasteiger partial charge < -0.3 is 29.6 Å². The summed E-state index contributed by atoms with van der Waals surface area (Å²) in [6, 6.07) is 2.75. The van der Waals surface area contributed by atoms with Crippen LogP contribution >= 0.6 is 0 Å². The first-order valence-corrected chi connectivity index (χ1v) is 7.86. The predicted molar refractivity (Wildman–Crippen MR) is 91.0 cm³/mol. The highest BCUT2D eigenvalue weighted by Crippen LogP contribution is 2.20. The maximum atomic E-state index is 13.7. The lowest BCUT2D eigenvalue weighted by Gasteiger charge is -2.22. The van der Waals surface area contributed by atoms with E-state index in [2.05, 4.69) is 10.1 Å². The standard InChI is InChI=1S/C16H23BFNO7/c1-16(2,3)26-15(21)19-12(14(20)24-4)7-10-5-6-11(18)13(8-10)25-9-17(22)23/h5-6,8,12,22-23H,7,9H2,1-4H3,(H,19,21). The lowest BCUT2D eigenvalue weighted by atomic mass is 9.95. The molecule has 144 valence electrons. The van der Waals surface area contributed by atoms with Crippen LogP contribution in [-0.4, -0.2) is 54.5 Å². The number of esters is 1. The fourth-order valence-electron chi connectivity index (χ4n) is 1.97. The quantitative estimate of drug-likeness (QED) is 0.480. The van der Waals surface area contributed by atoms with Crippen molar-refractivity contribution in [2.24, 2.45) is 0 Å². The Kier molecular flexibility index (Phi) is 7.85. The topological polar surface area (TPSA) is 114 Å². The molecule has 10 heteroatoms. The Hall–Kier alpha value is -2.33. The zero-order valence-electron chi connectivity index (χ0n) is 15.1. The SMILES string of the molecule is COC(=O)C(Cc1ccc(F)c(OCB(O)O)c1)NC(=O)OC(C)(C)C. The minimum absolute atomic E-state index is 0.00969. The van der Waals surface area contributed by atoms with Crippen molar-refractivity contribution in [3.8, 4) is 5.75 Å². The van der Waals surface area contributed by atoms with Gasteiger partial charge in [0.25, 0.3) is 0 Å². The minimum atomic E-state index is -1.75. The van der Waals surface area contributed by atoms with Crippen LogP contribution in [0.25, 0.3) is 0 Å². The van der Waals surface area contributed by atoms with Gasteiger partial charge >= 0.3 is 19.2 Å². The molecule has 0 heterocycles. The van der Waals surface area contributed by atoms with Crippen LogP contribution in [0.2, 0.25) is 0 Å². The van der Waals surface area contributed by atoms with Gasteiger partial charge in [-0.1, -0.05) is 6.07 Å². The number of alkyl carbamates (subject to hydrolysis) is 1. The monoisotopic (exact) mass is 371 g/mol. The molecule has 0 saturated carbocycles. The Morgan fingerprint density at radius 3 is 2.50 bits per heavy atom. The summed E-state index contributed by atoms with van der Waals surface area (Å²) in [7, 11) is -0.580. The van der Waals surface area contributed by atoms with E-state index in [1.165, 1.54) is 19.2 Å². The number of amides is 1. The summed E-state index contributed by atoms with van der Waals surface area (Å²) >= 11 is 0. The molecule has 0 bridgehead atoms. The van der Waals surface area contributed by atoms with E-state index in [-0.39, 0.29) is 12.2 Å². The summed E-state index contributed by atoms with van der Waals surface area (Å²) in [6.45, 7) is 4.52. The number of methoxy groups -OCH3 is 1. The molecule has 26 heavy (non-hydrogen) atoms. The highest BCUT2D eigenvalue weighted by Gasteiger charge is 2.25. The van der Waals surface area contributed by atoms with E-state index in [1.54, 1.807) is 20.8 Å². The molecule has 1 amide bonds. The molecule has 8 nitrogen and oxygen atoms in total. The molecule has 0 aliphatic carbocycles. The molecule has 1 atom stereocenters. The van der Waals surface area contributed by atoms with Crippen molar-refractivity contribution in [2.45, 2.75) is 38.8 Å². The van der Waals surface area contributed by atoms with Crippen LogP contribution < -0.4 is 10.1 Å². The van der Waals surface area contributed by atoms with Gasteiger partial charge in [-0.05, 0) is 38.5 Å². The largest absolute Gasteiger partial charge is 0.493 e. The molecule has 0 aliphatic heterocycles. The number of benzene rings is 1. The molecule has 1 rings (SSSR count). The predicted octanol–water partition coefficient (Wildman–Crippen LogP) is 0.825. The number of rotatable bonds is 7. The molecular weight excluding hydrogens is 348 g/mol. The summed E-state index contributed by atoms with van der Waals surface area (Å²) in [5.74, 6) is -1.62. The van der Waals surface area contributed by atoms with Crippen molar-refractivity contribution in [2.75, 3.05) is 13.6 Å². The third kappa shape index (κ3) is 7.71. The van der Waals surface area contributed by atoms with Gasteiger partial charge in [-0.15, -0.1) is 0 Å². The Balaban J connectivity index is 2.89. The Labute approximate surface area is 151 Å². The second kappa shape index (κ2) is 9.39. The van der Waals surface area contributed by atoms with Crippen LogP contribution in [0.15, 0.2) is 18.2 Å². The van der Waals surface area contributed by atoms with Gasteiger partial charge in [0.2, 0.25) is 0 Å². The number of halogens is 1. The lowest BCUT2D eigenvalue weighted by molar-refractivity contribution is -0.143. The first kappa shape index (κ1) is 21.7. The van der Waals surface area contributed by atoms with Crippen molar-refractivity contribution < 1.29 is 38.2 Å². The maximum Gasteiger partial charge on any atom is 0.491 e. The molecule has 0 aliphatic rings. The number of hydrogen-bond donors (Lipinski definition) is 3. The minimum Gasteiger partial charge on any atom is -0.493 e. The van der Waals surface area contributed by atoms with Crippen LogP contribution in [0.4, 0.5) is 9.18 Å². The summed E-state index contributed by atoms with van der Waals surface area (Å²) in [5.41, 5.74) is -0.285. The summed E-state index contributed by atoms with van der Waals surface area (Å²) in [5, 5.41) is 20.0. The van der Waals surface area contributed by atoms with Gasteiger partial charge in [0.1, 0.15) is 18.1 Å². The highest BCUT2D eigenvalue weighted by molar-refractivity contribution is 6.40. The van der Waals surface area contributed by atoms with Crippen LogP contribution in [0.3, 0.4) is 0 Å². The van der Waals surface area contributed by atoms with Crippen molar-refractivity contribution in [3.63, 3.8) is 0 Å². The fraction of sp³-hybridized carbons (Fsp3) is 0.500. The summed E-state index contributed by atoms with van der Waals surface area (Å²) < 4.78 is 28.4. The summed E-state index contributed by atoms with van der Waals surface area (Å²) in [4.78, 5) is 23.8. The van der Waals surface area contributed by atoms with E-state index in [0.29, 0.717) is 5.56 Å². The number of carbonyl (C=O) groups excluding carboxylic acids is 2. The third-order valence-electron chi connectivity index (χ3n) is 3.00. The fourth-order valence-corrected chi connectivity index (χ4v) is 1.97. The van der Waals surface area contributed by atoms with Crippen LogP contribution in [0.5, 0.6) is 5.75 Å². The first-order chi connectivity index (χ1) is 12.0. The molecule has 0 aromatic heterocycles. The van der Waals surface area contributed by atoms with E-state index in [1.807, 2.05) is 0 Å². The average molecular weight is 371 g/mol. The maximum absolute atomic E-state index is 13.7. The van der Waals surface area contributed by atoms with E-state index < -0.39 is 43.1 Å². The normalized spacial score (nSPS) is 12.1. The zero-order chi connectivity index (χ0) is 19.9. The van der Waals surface area contributed by atoms with Gasteiger partial charge in [-0.2, -0.15) is 0 Å². The van der Waals surface area contributed by atoms with E-state index in [4.69, 9.17) is 19.5 Å². The van der Waals surface area contributed by atoms with Gasteiger partial charge in [0.05, 0.1) is 7.11 Å². The highest BCUT2D eigenvalue weighted by atomic mass is 19.1. The Morgan fingerprint density at radius 1 is 1.31 bits per heavy atom. The van der Waals surface area contributed by atoms with Crippen molar-refractivity contribution in [3.05, 3.63) is 29.6 Å². The van der Waals surface area contributed by atoms with Crippen molar-refractivity contribution in [1.29, 1.82) is 0 Å². The second-order valence-corrected chi connectivity index (χ2v) is 6.48. The number of ether oxygens (including phenoxy) is 3. The Morgan fingerprint density at radius 2 is 1.96 bits per heavy atom. The van der Waals surface area contributed by atoms with E-state index in [9.17, 15) is 14.0 Å². The van der Waals surface area contributed by atoms with Crippen molar-refractivity contribution in [1.82, 2.24) is 5.32 Å². The van der Waals surface area contributed by atoms with Crippen molar-refractivity contribution >= 4 is 19.2 Å². The lowest BCUT2D eigenvalue weighted by Crippen LogP contribution is -2.45. The van der Waals surface area contributed by atoms with Gasteiger partial charge in [-0.3, -0.25) is 0 Å². The van der Waals surface area contributed by atoms with Gasteiger partial charge in [0, 0.05) is 6.42 Å². The van der Waals surface area contributed by atoms with Crippen LogP contribution in [-0.2, 0) is 20.7 Å². The van der Waals surface area contributed by atoms with Crippen LogP contribution in [0.1, 0.15) is 26.3 Å². The molecule has 3 N–H and O–H groups in total. The summed E-state index contributed by atoms with van der Waals surface area (Å²) in [6.07, 6.45) is -0.806. The first-order valence-electron chi connectivity index (χ1n) is 7.86. The third-order valence-corrected chi connectivity index (χ3v) is 3.00. The molecule has 0 spiro atoms. The van der Waals surface area contributed by atoms with Gasteiger partial charge in [-0.25, -0.2) is 14.0 Å². The molecule has 0 saturated heterocycles. The van der Waals surface area contributed by atoms with E-state index >= 15 is 0 Å². The number of carbonyl (C=O) groups is 2. The Bertz CT molecular complexity index is 634. The second-order valence-electron chi connectivity index (χ2n) is 6.48. The molecule has 1 aromatic rings. The molecule has 1 aromatic carbocycles. The molecule has 1 unspecified atom stereocenters. The van der Waals surface area contributed by atoms with E-state index in [0.717, 1.165) is 6.07 Å². The molecular formula is C16H23BFNO7. The number of hydrogen-bond acceptors (Lipinski definition) is 7. The molecule has 0 radical (unpaired) electrons. The number of nitrogens with one attached hydrogen (secondary N) is 1. The van der Waals surface area contributed by atoms with Crippen LogP contribution in [0, 0.1) is 5.82 Å². The van der Waals surface area contributed by atoms with Gasteiger partial charge in [0.15, 0.2) is 11.6 Å². The average Bonchev–Trinajstić information content (AvgIpc) is 2.51.